The molecule has 0 aliphatic carbocycles. The summed E-state index contributed by atoms with van der Waals surface area (Å²) in [4.78, 5) is 2.23. The lowest BCUT2D eigenvalue weighted by Crippen LogP contribution is -2.40. The third-order valence-electron chi connectivity index (χ3n) is 2.95. The van der Waals surface area contributed by atoms with Crippen LogP contribution in [0.4, 0.5) is 5.82 Å². The van der Waals surface area contributed by atoms with Crippen LogP contribution in [0, 0.1) is 0 Å². The van der Waals surface area contributed by atoms with Crippen LogP contribution in [0.25, 0.3) is 0 Å². The second-order valence-electron chi connectivity index (χ2n) is 4.18. The Morgan fingerprint density at radius 1 is 1.47 bits per heavy atom. The van der Waals surface area contributed by atoms with Crippen LogP contribution in [0.3, 0.4) is 0 Å². The molecule has 4 nitrogen and oxygen atoms in total. The molecule has 2 rings (SSSR count). The van der Waals surface area contributed by atoms with Crippen molar-refractivity contribution in [1.29, 1.82) is 0 Å². The van der Waals surface area contributed by atoms with Crippen LogP contribution in [0.1, 0.15) is 25.5 Å². The molecule has 2 heterocycles. The maximum absolute atomic E-state index is 5.69. The lowest BCUT2D eigenvalue weighted by molar-refractivity contribution is 0.0525. The van der Waals surface area contributed by atoms with E-state index in [9.17, 15) is 0 Å². The zero-order valence-electron chi connectivity index (χ0n) is 10.1. The van der Waals surface area contributed by atoms with Gasteiger partial charge in [0.25, 0.3) is 0 Å². The largest absolute Gasteiger partial charge is 0.377 e. The average molecular weight is 256 g/mol. The number of anilines is 1. The summed E-state index contributed by atoms with van der Waals surface area (Å²) < 4.78 is 5.67. The summed E-state index contributed by atoms with van der Waals surface area (Å²) in [6, 6.07) is 3.92. The van der Waals surface area contributed by atoms with Gasteiger partial charge in [0.15, 0.2) is 5.82 Å². The molecule has 0 aromatic carbocycles. The molecule has 5 heteroatoms. The fourth-order valence-electron chi connectivity index (χ4n) is 2.11. The molecule has 17 heavy (non-hydrogen) atoms. The SMILES string of the molecule is CCOC1CCCN(c2ccc(CCl)nn2)C1. The Balaban J connectivity index is 2.00. The molecule has 1 unspecified atom stereocenters. The van der Waals surface area contributed by atoms with Crippen molar-refractivity contribution < 1.29 is 4.74 Å². The van der Waals surface area contributed by atoms with E-state index in [2.05, 4.69) is 15.1 Å². The van der Waals surface area contributed by atoms with Crippen LogP contribution in [0.15, 0.2) is 12.1 Å². The molecule has 0 spiro atoms. The standard InChI is InChI=1S/C12H18ClN3O/c1-2-17-11-4-3-7-16(9-11)12-6-5-10(8-13)14-15-12/h5-6,11H,2-4,7-9H2,1H3. The number of alkyl halides is 1. The van der Waals surface area contributed by atoms with Gasteiger partial charge in [-0.25, -0.2) is 0 Å². The predicted molar refractivity (Wildman–Crippen MR) is 68.5 cm³/mol. The average Bonchev–Trinajstić information content (AvgIpc) is 2.40. The first-order valence-electron chi connectivity index (χ1n) is 6.08. The minimum Gasteiger partial charge on any atom is -0.377 e. The minimum absolute atomic E-state index is 0.322. The summed E-state index contributed by atoms with van der Waals surface area (Å²) in [6.45, 7) is 4.74. The summed E-state index contributed by atoms with van der Waals surface area (Å²) in [5.41, 5.74) is 0.814. The lowest BCUT2D eigenvalue weighted by Gasteiger charge is -2.32. The van der Waals surface area contributed by atoms with Crippen molar-refractivity contribution in [2.75, 3.05) is 24.6 Å². The third-order valence-corrected chi connectivity index (χ3v) is 3.22. The van der Waals surface area contributed by atoms with Crippen molar-refractivity contribution in [2.24, 2.45) is 0 Å². The van der Waals surface area contributed by atoms with E-state index in [0.29, 0.717) is 12.0 Å². The Labute approximate surface area is 107 Å². The van der Waals surface area contributed by atoms with Gasteiger partial charge < -0.3 is 9.64 Å². The Hall–Kier alpha value is -0.870. The molecule has 1 atom stereocenters. The third kappa shape index (κ3) is 3.30. The molecule has 1 fully saturated rings. The number of halogens is 1. The van der Waals surface area contributed by atoms with Crippen LogP contribution in [-0.4, -0.2) is 36.0 Å². The summed E-state index contributed by atoms with van der Waals surface area (Å²) >= 11 is 5.69. The summed E-state index contributed by atoms with van der Waals surface area (Å²) in [6.07, 6.45) is 2.60. The van der Waals surface area contributed by atoms with Gasteiger partial charge in [0, 0.05) is 19.7 Å². The van der Waals surface area contributed by atoms with Crippen molar-refractivity contribution in [3.05, 3.63) is 17.8 Å². The zero-order valence-corrected chi connectivity index (χ0v) is 10.9. The van der Waals surface area contributed by atoms with Crippen LogP contribution in [-0.2, 0) is 10.6 Å². The van der Waals surface area contributed by atoms with Gasteiger partial charge in [0.05, 0.1) is 17.7 Å². The van der Waals surface area contributed by atoms with E-state index in [1.807, 2.05) is 19.1 Å². The molecule has 0 N–H and O–H groups in total. The van der Waals surface area contributed by atoms with Gasteiger partial charge in [-0.3, -0.25) is 0 Å². The Bertz CT molecular complexity index is 342. The van der Waals surface area contributed by atoms with E-state index in [4.69, 9.17) is 16.3 Å². The summed E-state index contributed by atoms with van der Waals surface area (Å²) in [5.74, 6) is 1.33. The summed E-state index contributed by atoms with van der Waals surface area (Å²) in [5, 5.41) is 8.28. The fraction of sp³-hybridized carbons (Fsp3) is 0.667. The topological polar surface area (TPSA) is 38.2 Å². The molecule has 1 aliphatic heterocycles. The molecule has 0 radical (unpaired) electrons. The monoisotopic (exact) mass is 255 g/mol. The van der Waals surface area contributed by atoms with Gasteiger partial charge >= 0.3 is 0 Å². The molecule has 1 aromatic heterocycles. The number of piperidine rings is 1. The molecule has 1 saturated heterocycles. The van der Waals surface area contributed by atoms with Gasteiger partial charge in [-0.15, -0.1) is 16.7 Å². The van der Waals surface area contributed by atoms with E-state index in [1.165, 1.54) is 0 Å². The van der Waals surface area contributed by atoms with Crippen molar-refractivity contribution >= 4 is 17.4 Å². The highest BCUT2D eigenvalue weighted by molar-refractivity contribution is 6.16. The van der Waals surface area contributed by atoms with Crippen LogP contribution in [0.2, 0.25) is 0 Å². The molecular formula is C12H18ClN3O. The zero-order chi connectivity index (χ0) is 12.1. The normalized spacial score (nSPS) is 20.6. The Morgan fingerprint density at radius 3 is 3.00 bits per heavy atom. The minimum atomic E-state index is 0.322. The van der Waals surface area contributed by atoms with Crippen molar-refractivity contribution in [3.8, 4) is 0 Å². The van der Waals surface area contributed by atoms with Crippen LogP contribution >= 0.6 is 11.6 Å². The van der Waals surface area contributed by atoms with E-state index >= 15 is 0 Å². The molecule has 1 aliphatic rings. The van der Waals surface area contributed by atoms with Gasteiger partial charge in [0.2, 0.25) is 0 Å². The molecule has 0 saturated carbocycles. The van der Waals surface area contributed by atoms with E-state index in [1.54, 1.807) is 0 Å². The van der Waals surface area contributed by atoms with Crippen molar-refractivity contribution in [3.63, 3.8) is 0 Å². The maximum atomic E-state index is 5.69. The van der Waals surface area contributed by atoms with Gasteiger partial charge in [-0.2, -0.15) is 5.10 Å². The quantitative estimate of drug-likeness (QED) is 0.774. The van der Waals surface area contributed by atoms with Gasteiger partial charge in [-0.05, 0) is 31.9 Å². The number of hydrogen-bond donors (Lipinski definition) is 0. The number of rotatable bonds is 4. The van der Waals surface area contributed by atoms with Crippen LogP contribution in [0.5, 0.6) is 0 Å². The number of aromatic nitrogens is 2. The van der Waals surface area contributed by atoms with Crippen LogP contribution < -0.4 is 4.90 Å². The highest BCUT2D eigenvalue weighted by Gasteiger charge is 2.21. The molecule has 94 valence electrons. The first kappa shape index (κ1) is 12.6. The first-order chi connectivity index (χ1) is 8.33. The fourth-order valence-corrected chi connectivity index (χ4v) is 2.25. The van der Waals surface area contributed by atoms with E-state index in [0.717, 1.165) is 44.0 Å². The molecule has 0 amide bonds. The van der Waals surface area contributed by atoms with E-state index < -0.39 is 0 Å². The molecular weight excluding hydrogens is 238 g/mol. The number of ether oxygens (including phenoxy) is 1. The Morgan fingerprint density at radius 2 is 2.35 bits per heavy atom. The van der Waals surface area contributed by atoms with E-state index in [-0.39, 0.29) is 0 Å². The Kier molecular flexibility index (Phi) is 4.57. The molecule has 0 bridgehead atoms. The summed E-state index contributed by atoms with van der Waals surface area (Å²) in [7, 11) is 0. The lowest BCUT2D eigenvalue weighted by atomic mass is 10.1. The van der Waals surface area contributed by atoms with Gasteiger partial charge in [0.1, 0.15) is 0 Å². The van der Waals surface area contributed by atoms with Crippen molar-refractivity contribution in [1.82, 2.24) is 10.2 Å². The van der Waals surface area contributed by atoms with Gasteiger partial charge in [-0.1, -0.05) is 0 Å². The second-order valence-corrected chi connectivity index (χ2v) is 4.45. The van der Waals surface area contributed by atoms with Crippen molar-refractivity contribution in [2.45, 2.75) is 31.7 Å². The number of hydrogen-bond acceptors (Lipinski definition) is 4. The molecule has 1 aromatic rings. The highest BCUT2D eigenvalue weighted by Crippen LogP contribution is 2.19. The first-order valence-corrected chi connectivity index (χ1v) is 6.62. The number of nitrogens with zero attached hydrogens (tertiary/aromatic N) is 3. The highest BCUT2D eigenvalue weighted by atomic mass is 35.5. The second kappa shape index (κ2) is 6.17. The predicted octanol–water partition coefficient (Wildman–Crippen LogP) is 2.22. The smallest absolute Gasteiger partial charge is 0.151 e. The maximum Gasteiger partial charge on any atom is 0.151 e.